The molecule has 9 heteroatoms. The fraction of sp³-hybridized carbons (Fsp3) is 0.318. The number of nitrogens with one attached hydrogen (secondary N) is 2. The highest BCUT2D eigenvalue weighted by Gasteiger charge is 2.35. The Balaban J connectivity index is 1.57. The Morgan fingerprint density at radius 1 is 1.13 bits per heavy atom. The van der Waals surface area contributed by atoms with Crippen LogP contribution in [0.4, 0.5) is 24.5 Å². The number of anilines is 2. The third-order valence-electron chi connectivity index (χ3n) is 5.08. The lowest BCUT2D eigenvalue weighted by Gasteiger charge is -2.18. The standard InChI is InChI=1S/C22H22F3N3O3/c1-12(2)13-4-3-5-15(8-13)28-11-14(9-19(28)30)22(31)26-10-18(29)27-17-7-6-16(23)20(24)21(17)25/h3-8,12,14H,9-11H2,1-2H3,(H,26,31)(H,27,29). The molecule has 3 amide bonds. The molecule has 0 aliphatic carbocycles. The fourth-order valence-corrected chi connectivity index (χ4v) is 3.31. The molecule has 1 heterocycles. The van der Waals surface area contributed by atoms with Gasteiger partial charge in [-0.3, -0.25) is 14.4 Å². The molecule has 164 valence electrons. The lowest BCUT2D eigenvalue weighted by atomic mass is 10.0. The second-order valence-electron chi connectivity index (χ2n) is 7.64. The Bertz CT molecular complexity index is 1030. The van der Waals surface area contributed by atoms with Gasteiger partial charge in [-0.25, -0.2) is 13.2 Å². The molecule has 3 rings (SSSR count). The number of amides is 3. The van der Waals surface area contributed by atoms with Crippen LogP contribution in [0.3, 0.4) is 0 Å². The molecule has 0 saturated carbocycles. The van der Waals surface area contributed by atoms with Gasteiger partial charge in [0, 0.05) is 18.7 Å². The molecule has 0 aromatic heterocycles. The zero-order valence-corrected chi connectivity index (χ0v) is 17.0. The summed E-state index contributed by atoms with van der Waals surface area (Å²) in [5.74, 6) is -6.49. The summed E-state index contributed by atoms with van der Waals surface area (Å²) < 4.78 is 39.8. The molecule has 0 spiro atoms. The molecule has 1 saturated heterocycles. The average molecular weight is 433 g/mol. The van der Waals surface area contributed by atoms with E-state index in [4.69, 9.17) is 0 Å². The van der Waals surface area contributed by atoms with Crippen LogP contribution in [0.5, 0.6) is 0 Å². The van der Waals surface area contributed by atoms with Crippen LogP contribution in [0, 0.1) is 23.4 Å². The average Bonchev–Trinajstić information content (AvgIpc) is 3.14. The number of hydrogen-bond acceptors (Lipinski definition) is 3. The summed E-state index contributed by atoms with van der Waals surface area (Å²) in [4.78, 5) is 38.3. The summed E-state index contributed by atoms with van der Waals surface area (Å²) in [6.07, 6.45) is -0.00282. The van der Waals surface area contributed by atoms with Gasteiger partial charge in [0.2, 0.25) is 17.7 Å². The predicted molar refractivity (Wildman–Crippen MR) is 109 cm³/mol. The Morgan fingerprint density at radius 3 is 2.58 bits per heavy atom. The van der Waals surface area contributed by atoms with Crippen molar-refractivity contribution in [2.45, 2.75) is 26.2 Å². The topological polar surface area (TPSA) is 78.5 Å². The zero-order chi connectivity index (χ0) is 22.7. The first-order valence-corrected chi connectivity index (χ1v) is 9.78. The van der Waals surface area contributed by atoms with E-state index in [1.807, 2.05) is 32.0 Å². The van der Waals surface area contributed by atoms with E-state index in [0.29, 0.717) is 11.8 Å². The largest absolute Gasteiger partial charge is 0.347 e. The number of benzene rings is 2. The first kappa shape index (κ1) is 22.3. The van der Waals surface area contributed by atoms with Gasteiger partial charge in [-0.2, -0.15) is 0 Å². The van der Waals surface area contributed by atoms with Gasteiger partial charge >= 0.3 is 0 Å². The normalized spacial score (nSPS) is 16.0. The molecule has 31 heavy (non-hydrogen) atoms. The van der Waals surface area contributed by atoms with Crippen molar-refractivity contribution in [3.8, 4) is 0 Å². The van der Waals surface area contributed by atoms with Crippen LogP contribution >= 0.6 is 0 Å². The number of nitrogens with zero attached hydrogens (tertiary/aromatic N) is 1. The predicted octanol–water partition coefficient (Wildman–Crippen LogP) is 3.34. The SMILES string of the molecule is CC(C)c1cccc(N2CC(C(=O)NCC(=O)Nc3ccc(F)c(F)c3F)CC2=O)c1. The van der Waals surface area contributed by atoms with Gasteiger partial charge in [-0.05, 0) is 35.7 Å². The number of halogens is 3. The summed E-state index contributed by atoms with van der Waals surface area (Å²) in [7, 11) is 0. The second-order valence-corrected chi connectivity index (χ2v) is 7.64. The van der Waals surface area contributed by atoms with Crippen molar-refractivity contribution in [3.63, 3.8) is 0 Å². The number of hydrogen-bond donors (Lipinski definition) is 2. The molecule has 1 aliphatic rings. The first-order chi connectivity index (χ1) is 14.7. The number of carbonyl (C=O) groups is 3. The smallest absolute Gasteiger partial charge is 0.243 e. The van der Waals surface area contributed by atoms with Gasteiger partial charge in [0.1, 0.15) is 0 Å². The highest BCUT2D eigenvalue weighted by molar-refractivity contribution is 6.01. The molecule has 1 atom stereocenters. The molecule has 2 aromatic rings. The van der Waals surface area contributed by atoms with Crippen molar-refractivity contribution in [1.82, 2.24) is 5.32 Å². The highest BCUT2D eigenvalue weighted by atomic mass is 19.2. The lowest BCUT2D eigenvalue weighted by molar-refractivity contribution is -0.127. The first-order valence-electron chi connectivity index (χ1n) is 9.78. The molecule has 1 aliphatic heterocycles. The van der Waals surface area contributed by atoms with Crippen LogP contribution in [0.15, 0.2) is 36.4 Å². The third-order valence-corrected chi connectivity index (χ3v) is 5.08. The highest BCUT2D eigenvalue weighted by Crippen LogP contribution is 2.28. The van der Waals surface area contributed by atoms with Crippen LogP contribution in [-0.4, -0.2) is 30.8 Å². The minimum absolute atomic E-state index is 0.00282. The zero-order valence-electron chi connectivity index (χ0n) is 17.0. The lowest BCUT2D eigenvalue weighted by Crippen LogP contribution is -2.38. The van der Waals surface area contributed by atoms with E-state index in [1.54, 1.807) is 6.07 Å². The van der Waals surface area contributed by atoms with Crippen LogP contribution in [0.2, 0.25) is 0 Å². The van der Waals surface area contributed by atoms with Gasteiger partial charge in [0.15, 0.2) is 17.5 Å². The van der Waals surface area contributed by atoms with Crippen molar-refractivity contribution in [1.29, 1.82) is 0 Å². The van der Waals surface area contributed by atoms with Crippen LogP contribution in [-0.2, 0) is 14.4 Å². The molecule has 2 N–H and O–H groups in total. The van der Waals surface area contributed by atoms with E-state index in [2.05, 4.69) is 10.6 Å². The number of rotatable bonds is 6. The van der Waals surface area contributed by atoms with Crippen LogP contribution in [0.25, 0.3) is 0 Å². The Kier molecular flexibility index (Phi) is 6.62. The second kappa shape index (κ2) is 9.20. The van der Waals surface area contributed by atoms with Crippen LogP contribution in [0.1, 0.15) is 31.7 Å². The van der Waals surface area contributed by atoms with Crippen LogP contribution < -0.4 is 15.5 Å². The summed E-state index contributed by atoms with van der Waals surface area (Å²) in [5, 5.41) is 4.46. The maximum Gasteiger partial charge on any atom is 0.243 e. The van der Waals surface area contributed by atoms with E-state index >= 15 is 0 Å². The van der Waals surface area contributed by atoms with E-state index in [9.17, 15) is 27.6 Å². The van der Waals surface area contributed by atoms with Gasteiger partial charge < -0.3 is 15.5 Å². The maximum absolute atomic E-state index is 13.6. The van der Waals surface area contributed by atoms with Gasteiger partial charge in [-0.1, -0.05) is 26.0 Å². The summed E-state index contributed by atoms with van der Waals surface area (Å²) in [5.41, 5.74) is 1.24. The minimum Gasteiger partial charge on any atom is -0.347 e. The Hall–Kier alpha value is -3.36. The molecule has 0 radical (unpaired) electrons. The molecule has 1 unspecified atom stereocenters. The third kappa shape index (κ3) is 5.04. The van der Waals surface area contributed by atoms with E-state index in [0.717, 1.165) is 11.6 Å². The Labute approximate surface area is 177 Å². The molecule has 2 aromatic carbocycles. The van der Waals surface area contributed by atoms with Crippen molar-refractivity contribution in [3.05, 3.63) is 59.4 Å². The summed E-state index contributed by atoms with van der Waals surface area (Å²) in [6.45, 7) is 3.74. The molecule has 6 nitrogen and oxygen atoms in total. The quantitative estimate of drug-likeness (QED) is 0.686. The molecule has 1 fully saturated rings. The van der Waals surface area contributed by atoms with Gasteiger partial charge in [-0.15, -0.1) is 0 Å². The van der Waals surface area contributed by atoms with Crippen molar-refractivity contribution in [2.24, 2.45) is 5.92 Å². The monoisotopic (exact) mass is 433 g/mol. The van der Waals surface area contributed by atoms with E-state index in [1.165, 1.54) is 4.90 Å². The summed E-state index contributed by atoms with van der Waals surface area (Å²) in [6, 6.07) is 9.09. The van der Waals surface area contributed by atoms with E-state index < -0.39 is 47.4 Å². The molecular weight excluding hydrogens is 411 g/mol. The van der Waals surface area contributed by atoms with Gasteiger partial charge in [0.05, 0.1) is 18.2 Å². The molecular formula is C22H22F3N3O3. The molecule has 0 bridgehead atoms. The fourth-order valence-electron chi connectivity index (χ4n) is 3.31. The minimum atomic E-state index is -1.70. The maximum atomic E-state index is 13.6. The van der Waals surface area contributed by atoms with Gasteiger partial charge in [0.25, 0.3) is 0 Å². The van der Waals surface area contributed by atoms with Crippen molar-refractivity contribution in [2.75, 3.05) is 23.3 Å². The van der Waals surface area contributed by atoms with Crippen molar-refractivity contribution >= 4 is 29.1 Å². The number of carbonyl (C=O) groups excluding carboxylic acids is 3. The van der Waals surface area contributed by atoms with E-state index in [-0.39, 0.29) is 24.8 Å². The summed E-state index contributed by atoms with van der Waals surface area (Å²) >= 11 is 0. The van der Waals surface area contributed by atoms with Crippen molar-refractivity contribution < 1.29 is 27.6 Å². The Morgan fingerprint density at radius 2 is 1.87 bits per heavy atom.